The highest BCUT2D eigenvalue weighted by Crippen LogP contribution is 2.21. The summed E-state index contributed by atoms with van der Waals surface area (Å²) in [7, 11) is 0. The van der Waals surface area contributed by atoms with E-state index in [1.807, 2.05) is 78.9 Å². The van der Waals surface area contributed by atoms with Gasteiger partial charge in [-0.3, -0.25) is 4.79 Å². The third kappa shape index (κ3) is 5.06. The minimum atomic E-state index is -0.596. The number of hydrogen-bond donors (Lipinski definition) is 1. The van der Waals surface area contributed by atoms with Gasteiger partial charge in [0.25, 0.3) is 5.91 Å². The van der Waals surface area contributed by atoms with Crippen LogP contribution in [0.3, 0.4) is 0 Å². The molecule has 152 valence electrons. The molecule has 1 N–H and O–H groups in total. The Morgan fingerprint density at radius 3 is 2.16 bits per heavy atom. The lowest BCUT2D eigenvalue weighted by Gasteiger charge is -2.11. The third-order valence-corrected chi connectivity index (χ3v) is 4.84. The van der Waals surface area contributed by atoms with E-state index in [-0.39, 0.29) is 18.2 Å². The first-order valence-corrected chi connectivity index (χ1v) is 9.97. The predicted molar refractivity (Wildman–Crippen MR) is 122 cm³/mol. The molecule has 4 aromatic rings. The molecule has 0 radical (unpaired) electrons. The molecule has 0 aliphatic heterocycles. The Bertz CT molecular complexity index is 1230. The highest BCUT2D eigenvalue weighted by atomic mass is 16.5. The second kappa shape index (κ2) is 9.55. The largest absolute Gasteiger partial charge is 0.456 e. The smallest absolute Gasteiger partial charge is 0.355 e. The summed E-state index contributed by atoms with van der Waals surface area (Å²) >= 11 is 0. The summed E-state index contributed by atoms with van der Waals surface area (Å²) in [6.45, 7) is 0.119. The zero-order valence-corrected chi connectivity index (χ0v) is 16.8. The molecule has 4 nitrogen and oxygen atoms in total. The molecule has 0 heterocycles. The average molecular weight is 407 g/mol. The van der Waals surface area contributed by atoms with Gasteiger partial charge in [-0.1, -0.05) is 91.0 Å². The zero-order valence-electron chi connectivity index (χ0n) is 16.8. The van der Waals surface area contributed by atoms with Crippen LogP contribution in [-0.4, -0.2) is 11.9 Å². The summed E-state index contributed by atoms with van der Waals surface area (Å²) in [5, 5.41) is 4.75. The molecule has 4 aromatic carbocycles. The second-order valence-electron chi connectivity index (χ2n) is 7.01. The lowest BCUT2D eigenvalue weighted by atomic mass is 10.0. The van der Waals surface area contributed by atoms with Crippen LogP contribution in [0.15, 0.2) is 109 Å². The first-order chi connectivity index (χ1) is 15.2. The molecule has 0 fully saturated rings. The Balaban J connectivity index is 1.65. The van der Waals surface area contributed by atoms with Gasteiger partial charge < -0.3 is 10.1 Å². The van der Waals surface area contributed by atoms with Crippen molar-refractivity contribution in [2.75, 3.05) is 0 Å². The normalized spacial score (nSPS) is 11.2. The van der Waals surface area contributed by atoms with Crippen LogP contribution in [0.5, 0.6) is 0 Å². The first kappa shape index (κ1) is 20.1. The van der Waals surface area contributed by atoms with E-state index in [2.05, 4.69) is 5.32 Å². The van der Waals surface area contributed by atoms with E-state index in [1.165, 1.54) is 0 Å². The second-order valence-corrected chi connectivity index (χ2v) is 7.01. The molecule has 0 spiro atoms. The number of fused-ring (bicyclic) bond motifs is 1. The van der Waals surface area contributed by atoms with Crippen molar-refractivity contribution in [1.29, 1.82) is 0 Å². The van der Waals surface area contributed by atoms with Gasteiger partial charge in [0.05, 0.1) is 0 Å². The fourth-order valence-electron chi connectivity index (χ4n) is 3.26. The molecule has 0 saturated carbocycles. The standard InChI is InChI=1S/C27H21NO3/c29-26(22-13-5-2-6-14-22)28-25(27(30)31-19-20-10-3-1-4-11-20)18-23-16-9-15-21-12-7-8-17-24(21)23/h1-18H,19H2,(H,28,29)/b25-18+. The van der Waals surface area contributed by atoms with E-state index < -0.39 is 5.97 Å². The molecule has 4 heteroatoms. The van der Waals surface area contributed by atoms with E-state index in [1.54, 1.807) is 30.3 Å². The molecule has 0 bridgehead atoms. The Labute approximate surface area is 180 Å². The van der Waals surface area contributed by atoms with Crippen LogP contribution in [0.2, 0.25) is 0 Å². The SMILES string of the molecule is O=C(OCc1ccccc1)/C(=C\c1cccc2ccccc12)NC(=O)c1ccccc1. The first-order valence-electron chi connectivity index (χ1n) is 9.97. The van der Waals surface area contributed by atoms with Crippen LogP contribution in [0.1, 0.15) is 21.5 Å². The number of rotatable bonds is 6. The predicted octanol–water partition coefficient (Wildman–Crippen LogP) is 5.35. The number of amides is 1. The number of nitrogens with one attached hydrogen (secondary N) is 1. The molecule has 0 aliphatic carbocycles. The van der Waals surface area contributed by atoms with Crippen molar-refractivity contribution in [2.45, 2.75) is 6.61 Å². The van der Waals surface area contributed by atoms with Crippen LogP contribution in [0.4, 0.5) is 0 Å². The van der Waals surface area contributed by atoms with Crippen LogP contribution in [0.25, 0.3) is 16.8 Å². The Morgan fingerprint density at radius 1 is 0.742 bits per heavy atom. The molecule has 1 amide bonds. The van der Waals surface area contributed by atoms with Crippen molar-refractivity contribution >= 4 is 28.7 Å². The van der Waals surface area contributed by atoms with Crippen molar-refractivity contribution < 1.29 is 14.3 Å². The Hall–Kier alpha value is -4.18. The lowest BCUT2D eigenvalue weighted by molar-refractivity contribution is -0.140. The van der Waals surface area contributed by atoms with Crippen molar-refractivity contribution in [3.05, 3.63) is 126 Å². The van der Waals surface area contributed by atoms with E-state index in [0.29, 0.717) is 5.56 Å². The van der Waals surface area contributed by atoms with Crippen molar-refractivity contribution in [3.8, 4) is 0 Å². The Morgan fingerprint density at radius 2 is 1.39 bits per heavy atom. The van der Waals surface area contributed by atoms with E-state index in [9.17, 15) is 9.59 Å². The number of carbonyl (C=O) groups is 2. The van der Waals surface area contributed by atoms with Gasteiger partial charge >= 0.3 is 5.97 Å². The molecule has 0 aromatic heterocycles. The summed E-state index contributed by atoms with van der Waals surface area (Å²) in [6, 6.07) is 31.9. The summed E-state index contributed by atoms with van der Waals surface area (Å²) < 4.78 is 5.49. The quantitative estimate of drug-likeness (QED) is 0.346. The van der Waals surface area contributed by atoms with Crippen LogP contribution in [-0.2, 0) is 16.1 Å². The van der Waals surface area contributed by atoms with Gasteiger partial charge in [0.2, 0.25) is 0 Å². The van der Waals surface area contributed by atoms with Crippen LogP contribution in [0, 0.1) is 0 Å². The number of esters is 1. The summed E-state index contributed by atoms with van der Waals surface area (Å²) in [5.41, 5.74) is 2.23. The summed E-state index contributed by atoms with van der Waals surface area (Å²) in [6.07, 6.45) is 1.66. The highest BCUT2D eigenvalue weighted by molar-refractivity contribution is 6.04. The molecule has 31 heavy (non-hydrogen) atoms. The molecule has 0 unspecified atom stereocenters. The lowest BCUT2D eigenvalue weighted by Crippen LogP contribution is -2.28. The topological polar surface area (TPSA) is 55.4 Å². The maximum atomic E-state index is 12.9. The number of hydrogen-bond acceptors (Lipinski definition) is 3. The molecule has 0 saturated heterocycles. The fourth-order valence-corrected chi connectivity index (χ4v) is 3.26. The minimum Gasteiger partial charge on any atom is -0.456 e. The van der Waals surface area contributed by atoms with Gasteiger partial charge in [-0.15, -0.1) is 0 Å². The van der Waals surface area contributed by atoms with Crippen molar-refractivity contribution in [1.82, 2.24) is 5.32 Å². The number of carbonyl (C=O) groups excluding carboxylic acids is 2. The molecule has 0 atom stereocenters. The van der Waals surface area contributed by atoms with E-state index in [4.69, 9.17) is 4.74 Å². The fraction of sp³-hybridized carbons (Fsp3) is 0.0370. The van der Waals surface area contributed by atoms with Crippen LogP contribution < -0.4 is 5.32 Å². The molecule has 4 rings (SSSR count). The summed E-state index contributed by atoms with van der Waals surface area (Å²) in [5.74, 6) is -0.968. The molecular formula is C27H21NO3. The monoisotopic (exact) mass is 407 g/mol. The minimum absolute atomic E-state index is 0.0844. The van der Waals surface area contributed by atoms with Gasteiger partial charge in [0, 0.05) is 5.56 Å². The molecular weight excluding hydrogens is 386 g/mol. The maximum Gasteiger partial charge on any atom is 0.355 e. The maximum absolute atomic E-state index is 12.9. The van der Waals surface area contributed by atoms with E-state index in [0.717, 1.165) is 21.9 Å². The number of benzene rings is 4. The average Bonchev–Trinajstić information content (AvgIpc) is 2.83. The van der Waals surface area contributed by atoms with Gasteiger partial charge in [-0.2, -0.15) is 0 Å². The number of ether oxygens (including phenoxy) is 1. The van der Waals surface area contributed by atoms with Gasteiger partial charge in [-0.25, -0.2) is 4.79 Å². The van der Waals surface area contributed by atoms with E-state index >= 15 is 0 Å². The van der Waals surface area contributed by atoms with Crippen LogP contribution >= 0.6 is 0 Å². The van der Waals surface area contributed by atoms with Gasteiger partial charge in [0.1, 0.15) is 12.3 Å². The molecule has 0 aliphatic rings. The summed E-state index contributed by atoms with van der Waals surface area (Å²) in [4.78, 5) is 25.6. The van der Waals surface area contributed by atoms with Crippen molar-refractivity contribution in [2.24, 2.45) is 0 Å². The highest BCUT2D eigenvalue weighted by Gasteiger charge is 2.16. The zero-order chi connectivity index (χ0) is 21.5. The van der Waals surface area contributed by atoms with Gasteiger partial charge in [-0.05, 0) is 40.1 Å². The Kier molecular flexibility index (Phi) is 6.19. The van der Waals surface area contributed by atoms with Gasteiger partial charge in [0.15, 0.2) is 0 Å². The third-order valence-electron chi connectivity index (χ3n) is 4.84. The van der Waals surface area contributed by atoms with Crippen molar-refractivity contribution in [3.63, 3.8) is 0 Å².